The van der Waals surface area contributed by atoms with Gasteiger partial charge in [-0.15, -0.1) is 11.8 Å². The predicted molar refractivity (Wildman–Crippen MR) is 116 cm³/mol. The summed E-state index contributed by atoms with van der Waals surface area (Å²) in [7, 11) is 0. The first kappa shape index (κ1) is 23.9. The number of thioether (sulfide) groups is 1. The van der Waals surface area contributed by atoms with Crippen molar-refractivity contribution in [2.75, 3.05) is 35.3 Å². The van der Waals surface area contributed by atoms with Crippen LogP contribution in [0, 0.1) is 11.8 Å². The molecule has 0 radical (unpaired) electrons. The standard InChI is InChI=1S/C21H22F3N3O4S/c1-32-14-7-8-17(19(11-14)31-21(28,29)30)26-9-3-4-13-10-15-16(25)5-2-6-18(15)27(13)12-20(22,23)24/h2,5-8,11,13,26,28-30H,9-10,12,25H2,1H3. The van der Waals surface area contributed by atoms with Crippen LogP contribution in [0.2, 0.25) is 0 Å². The summed E-state index contributed by atoms with van der Waals surface area (Å²) in [6, 6.07) is 8.97. The fraction of sp³-hybridized carbons (Fsp3) is 0.333. The minimum atomic E-state index is -4.40. The Balaban J connectivity index is 1.75. The SMILES string of the molecule is CSc1ccc(NCC#CC2Cc3c(N)cccc3N2CC(F)(F)F)c(OC(O)(O)O)c1. The highest BCUT2D eigenvalue weighted by Gasteiger charge is 2.38. The second kappa shape index (κ2) is 9.38. The number of anilines is 3. The molecule has 6 N–H and O–H groups in total. The molecule has 1 heterocycles. The van der Waals surface area contributed by atoms with Crippen LogP contribution in [-0.4, -0.2) is 53.0 Å². The molecule has 11 heteroatoms. The first-order chi connectivity index (χ1) is 15.0. The molecule has 0 bridgehead atoms. The van der Waals surface area contributed by atoms with E-state index in [0.717, 1.165) is 4.90 Å². The molecule has 0 spiro atoms. The highest BCUT2D eigenvalue weighted by Crippen LogP contribution is 2.37. The number of nitrogens with one attached hydrogen (secondary N) is 1. The van der Waals surface area contributed by atoms with Crippen LogP contribution >= 0.6 is 11.8 Å². The van der Waals surface area contributed by atoms with E-state index in [-0.39, 0.29) is 18.7 Å². The summed E-state index contributed by atoms with van der Waals surface area (Å²) in [4.78, 5) is 1.93. The lowest BCUT2D eigenvalue weighted by Gasteiger charge is -2.25. The van der Waals surface area contributed by atoms with Crippen LogP contribution in [0.5, 0.6) is 5.75 Å². The summed E-state index contributed by atoms with van der Waals surface area (Å²) in [5, 5.41) is 30.3. The zero-order valence-electron chi connectivity index (χ0n) is 17.0. The molecule has 2 aromatic rings. The minimum absolute atomic E-state index is 0.0342. The highest BCUT2D eigenvalue weighted by atomic mass is 32.2. The molecule has 1 unspecified atom stereocenters. The van der Waals surface area contributed by atoms with Crippen LogP contribution in [-0.2, 0) is 6.42 Å². The first-order valence-corrected chi connectivity index (χ1v) is 10.7. The van der Waals surface area contributed by atoms with Crippen molar-refractivity contribution in [2.24, 2.45) is 0 Å². The minimum Gasteiger partial charge on any atom is -0.415 e. The fourth-order valence-corrected chi connectivity index (χ4v) is 3.82. The van der Waals surface area contributed by atoms with Gasteiger partial charge in [-0.25, -0.2) is 0 Å². The number of aliphatic hydroxyl groups is 3. The van der Waals surface area contributed by atoms with Gasteiger partial charge in [0.05, 0.1) is 18.3 Å². The molecule has 1 aliphatic heterocycles. The monoisotopic (exact) mass is 469 g/mol. The zero-order valence-corrected chi connectivity index (χ0v) is 17.8. The van der Waals surface area contributed by atoms with Crippen LogP contribution in [0.15, 0.2) is 41.3 Å². The first-order valence-electron chi connectivity index (χ1n) is 9.44. The molecular formula is C21H22F3N3O4S. The Morgan fingerprint density at radius 3 is 2.66 bits per heavy atom. The van der Waals surface area contributed by atoms with E-state index < -0.39 is 24.9 Å². The molecule has 0 fully saturated rings. The molecule has 172 valence electrons. The van der Waals surface area contributed by atoms with Gasteiger partial charge in [0, 0.05) is 28.3 Å². The number of fused-ring (bicyclic) bond motifs is 1. The molecule has 2 aromatic carbocycles. The molecular weight excluding hydrogens is 447 g/mol. The normalized spacial score (nSPS) is 15.7. The second-order valence-electron chi connectivity index (χ2n) is 7.02. The third-order valence-corrected chi connectivity index (χ3v) is 5.42. The third-order valence-electron chi connectivity index (χ3n) is 4.69. The van der Waals surface area contributed by atoms with Gasteiger partial charge in [0.1, 0.15) is 6.54 Å². The van der Waals surface area contributed by atoms with Crippen LogP contribution in [0.4, 0.5) is 30.2 Å². The van der Waals surface area contributed by atoms with E-state index >= 15 is 0 Å². The average Bonchev–Trinajstić information content (AvgIpc) is 3.02. The van der Waals surface area contributed by atoms with E-state index in [2.05, 4.69) is 17.2 Å². The van der Waals surface area contributed by atoms with Gasteiger partial charge in [-0.3, -0.25) is 0 Å². The molecule has 1 atom stereocenters. The lowest BCUT2D eigenvalue weighted by Crippen LogP contribution is -2.39. The van der Waals surface area contributed by atoms with Gasteiger partial charge in [0.2, 0.25) is 0 Å². The molecule has 0 saturated heterocycles. The van der Waals surface area contributed by atoms with Crippen LogP contribution in [0.3, 0.4) is 0 Å². The van der Waals surface area contributed by atoms with Crippen LogP contribution < -0.4 is 20.7 Å². The zero-order chi connectivity index (χ0) is 23.5. The number of alkyl halides is 3. The van der Waals surface area contributed by atoms with E-state index in [1.807, 2.05) is 0 Å². The predicted octanol–water partition coefficient (Wildman–Crippen LogP) is 2.37. The van der Waals surface area contributed by atoms with E-state index in [4.69, 9.17) is 25.8 Å². The van der Waals surface area contributed by atoms with E-state index in [0.29, 0.717) is 22.6 Å². The molecule has 0 amide bonds. The van der Waals surface area contributed by atoms with Gasteiger partial charge in [-0.2, -0.15) is 13.2 Å². The van der Waals surface area contributed by atoms with Crippen molar-refractivity contribution < 1.29 is 33.2 Å². The smallest absolute Gasteiger partial charge is 0.415 e. The van der Waals surface area contributed by atoms with E-state index in [1.165, 1.54) is 22.7 Å². The number of ether oxygens (including phenoxy) is 1. The summed E-state index contributed by atoms with van der Waals surface area (Å²) in [5.41, 5.74) is 7.73. The highest BCUT2D eigenvalue weighted by molar-refractivity contribution is 7.98. The number of hydrogen-bond donors (Lipinski definition) is 5. The van der Waals surface area contributed by atoms with Gasteiger partial charge in [-0.1, -0.05) is 17.9 Å². The van der Waals surface area contributed by atoms with E-state index in [9.17, 15) is 13.2 Å². The van der Waals surface area contributed by atoms with Gasteiger partial charge in [0.25, 0.3) is 0 Å². The number of nitrogens with two attached hydrogens (primary N) is 1. The molecule has 3 rings (SSSR count). The van der Waals surface area contributed by atoms with Crippen molar-refractivity contribution in [1.29, 1.82) is 0 Å². The number of benzene rings is 2. The third kappa shape index (κ3) is 6.14. The van der Waals surface area contributed by atoms with Crippen molar-refractivity contribution >= 4 is 28.8 Å². The maximum absolute atomic E-state index is 13.1. The van der Waals surface area contributed by atoms with Crippen molar-refractivity contribution in [2.45, 2.75) is 29.7 Å². The summed E-state index contributed by atoms with van der Waals surface area (Å²) >= 11 is 1.37. The summed E-state index contributed by atoms with van der Waals surface area (Å²) < 4.78 is 44.1. The van der Waals surface area contributed by atoms with Crippen molar-refractivity contribution in [3.8, 4) is 17.6 Å². The Labute approximate surface area is 187 Å². The van der Waals surface area contributed by atoms with E-state index in [1.54, 1.807) is 36.6 Å². The Morgan fingerprint density at radius 2 is 2.00 bits per heavy atom. The van der Waals surface area contributed by atoms with Crippen molar-refractivity contribution in [3.05, 3.63) is 42.0 Å². The Bertz CT molecular complexity index is 1030. The van der Waals surface area contributed by atoms with Crippen molar-refractivity contribution in [3.63, 3.8) is 0 Å². The van der Waals surface area contributed by atoms with Gasteiger partial charge >= 0.3 is 12.3 Å². The molecule has 1 aliphatic rings. The Kier molecular flexibility index (Phi) is 7.00. The average molecular weight is 469 g/mol. The lowest BCUT2D eigenvalue weighted by atomic mass is 10.1. The second-order valence-corrected chi connectivity index (χ2v) is 7.90. The fourth-order valence-electron chi connectivity index (χ4n) is 3.39. The number of rotatable bonds is 6. The van der Waals surface area contributed by atoms with Crippen LogP contribution in [0.25, 0.3) is 0 Å². The molecule has 0 aliphatic carbocycles. The number of halogens is 3. The molecule has 0 saturated carbocycles. The maximum Gasteiger partial charge on any atom is 0.453 e. The molecule has 7 nitrogen and oxygen atoms in total. The summed E-state index contributed by atoms with van der Waals surface area (Å²) in [5.74, 6) is 5.62. The van der Waals surface area contributed by atoms with Gasteiger partial charge < -0.3 is 36.0 Å². The van der Waals surface area contributed by atoms with Gasteiger partial charge in [0.15, 0.2) is 5.75 Å². The number of nitrogens with zero attached hydrogens (tertiary/aromatic N) is 1. The number of hydrogen-bond acceptors (Lipinski definition) is 8. The van der Waals surface area contributed by atoms with Crippen molar-refractivity contribution in [1.82, 2.24) is 0 Å². The Morgan fingerprint density at radius 1 is 1.25 bits per heavy atom. The molecule has 0 aromatic heterocycles. The maximum atomic E-state index is 13.1. The van der Waals surface area contributed by atoms with Gasteiger partial charge in [-0.05, 0) is 36.6 Å². The lowest BCUT2D eigenvalue weighted by molar-refractivity contribution is -0.419. The van der Waals surface area contributed by atoms with Crippen LogP contribution in [0.1, 0.15) is 5.56 Å². The largest absolute Gasteiger partial charge is 0.453 e. The summed E-state index contributed by atoms with van der Waals surface area (Å²) in [6.45, 7) is -1.11. The number of nitrogen functional groups attached to an aromatic ring is 1. The quantitative estimate of drug-likeness (QED) is 0.190. The Hall–Kier alpha value is -2.78. The molecule has 32 heavy (non-hydrogen) atoms. The summed E-state index contributed by atoms with van der Waals surface area (Å²) in [6.07, 6.45) is -5.70. The topological polar surface area (TPSA) is 111 Å².